The first-order valence-electron chi connectivity index (χ1n) is 10.2. The summed E-state index contributed by atoms with van der Waals surface area (Å²) in [7, 11) is 0. The Bertz CT molecular complexity index is 820. The van der Waals surface area contributed by atoms with E-state index in [1.165, 1.54) is 0 Å². The number of carbonyl (C=O) groups is 2. The highest BCUT2D eigenvalue weighted by molar-refractivity contribution is 5.91. The minimum atomic E-state index is -0.0443. The van der Waals surface area contributed by atoms with Crippen molar-refractivity contribution in [1.82, 2.24) is 14.9 Å². The van der Waals surface area contributed by atoms with Crippen molar-refractivity contribution >= 4 is 17.5 Å². The molecule has 0 saturated carbocycles. The standard InChI is InChI=1S/C23H30N4O2/c1-23(2,3)15-21(28)26-19-6-4-17(5-7-19)14-22(29)27-12-9-18(10-13-27)20-8-11-24-16-25-20/h4-8,11,16,18H,9-10,12-15H2,1-3H3,(H,26,28). The predicted molar refractivity (Wildman–Crippen MR) is 113 cm³/mol. The number of benzene rings is 1. The Morgan fingerprint density at radius 3 is 2.38 bits per heavy atom. The van der Waals surface area contributed by atoms with Crippen LogP contribution in [0.5, 0.6) is 0 Å². The van der Waals surface area contributed by atoms with Gasteiger partial charge in [-0.3, -0.25) is 9.59 Å². The van der Waals surface area contributed by atoms with E-state index in [1.807, 2.05) is 56.0 Å². The van der Waals surface area contributed by atoms with Crippen LogP contribution < -0.4 is 5.32 Å². The molecule has 6 heteroatoms. The van der Waals surface area contributed by atoms with Crippen molar-refractivity contribution in [2.24, 2.45) is 5.41 Å². The highest BCUT2D eigenvalue weighted by atomic mass is 16.2. The predicted octanol–water partition coefficient (Wildman–Crippen LogP) is 3.80. The maximum absolute atomic E-state index is 12.7. The second kappa shape index (κ2) is 9.16. The zero-order valence-electron chi connectivity index (χ0n) is 17.5. The molecule has 2 heterocycles. The van der Waals surface area contributed by atoms with Crippen LogP contribution in [0.25, 0.3) is 0 Å². The smallest absolute Gasteiger partial charge is 0.226 e. The minimum absolute atomic E-state index is 0.00730. The van der Waals surface area contributed by atoms with Gasteiger partial charge in [0, 0.05) is 43.0 Å². The number of carbonyl (C=O) groups excluding carboxylic acids is 2. The molecule has 6 nitrogen and oxygen atoms in total. The van der Waals surface area contributed by atoms with Crippen molar-refractivity contribution in [1.29, 1.82) is 0 Å². The number of hydrogen-bond donors (Lipinski definition) is 1. The third kappa shape index (κ3) is 6.38. The van der Waals surface area contributed by atoms with Crippen LogP contribution in [0.4, 0.5) is 5.69 Å². The van der Waals surface area contributed by atoms with E-state index >= 15 is 0 Å². The third-order valence-electron chi connectivity index (χ3n) is 5.15. The summed E-state index contributed by atoms with van der Waals surface area (Å²) in [5.41, 5.74) is 2.75. The molecule has 0 radical (unpaired) electrons. The van der Waals surface area contributed by atoms with Gasteiger partial charge in [-0.25, -0.2) is 9.97 Å². The summed E-state index contributed by atoms with van der Waals surface area (Å²) in [6.45, 7) is 7.63. The number of likely N-dealkylation sites (tertiary alicyclic amines) is 1. The molecule has 1 aromatic carbocycles. The van der Waals surface area contributed by atoms with Gasteiger partial charge in [0.2, 0.25) is 11.8 Å². The minimum Gasteiger partial charge on any atom is -0.342 e. The van der Waals surface area contributed by atoms with Gasteiger partial charge < -0.3 is 10.2 Å². The summed E-state index contributed by atoms with van der Waals surface area (Å²) in [5, 5.41) is 2.92. The highest BCUT2D eigenvalue weighted by Crippen LogP contribution is 2.26. The van der Waals surface area contributed by atoms with Crippen LogP contribution in [0.15, 0.2) is 42.9 Å². The lowest BCUT2D eigenvalue weighted by molar-refractivity contribution is -0.131. The number of rotatable bonds is 5. The van der Waals surface area contributed by atoms with Crippen LogP contribution >= 0.6 is 0 Å². The summed E-state index contributed by atoms with van der Waals surface area (Å²) >= 11 is 0. The van der Waals surface area contributed by atoms with Gasteiger partial charge in [0.1, 0.15) is 6.33 Å². The molecule has 1 N–H and O–H groups in total. The van der Waals surface area contributed by atoms with Gasteiger partial charge in [0.15, 0.2) is 0 Å². The molecule has 0 unspecified atom stereocenters. The molecule has 1 aliphatic rings. The Kier molecular flexibility index (Phi) is 6.62. The van der Waals surface area contributed by atoms with E-state index in [-0.39, 0.29) is 17.2 Å². The number of anilines is 1. The molecule has 1 saturated heterocycles. The number of amides is 2. The number of hydrogen-bond acceptors (Lipinski definition) is 4. The molecule has 0 aliphatic carbocycles. The van der Waals surface area contributed by atoms with Crippen LogP contribution in [-0.4, -0.2) is 39.8 Å². The molecule has 0 bridgehead atoms. The summed E-state index contributed by atoms with van der Waals surface area (Å²) in [6, 6.07) is 9.52. The molecule has 1 aromatic heterocycles. The van der Waals surface area contributed by atoms with Gasteiger partial charge in [-0.2, -0.15) is 0 Å². The lowest BCUT2D eigenvalue weighted by Gasteiger charge is -2.31. The summed E-state index contributed by atoms with van der Waals surface area (Å²) in [5.74, 6) is 0.557. The number of nitrogens with zero attached hydrogens (tertiary/aromatic N) is 3. The van der Waals surface area contributed by atoms with E-state index in [0.29, 0.717) is 18.8 Å². The zero-order valence-corrected chi connectivity index (χ0v) is 17.5. The SMILES string of the molecule is CC(C)(C)CC(=O)Nc1ccc(CC(=O)N2CCC(c3ccncn3)CC2)cc1. The molecule has 29 heavy (non-hydrogen) atoms. The topological polar surface area (TPSA) is 75.2 Å². The second-order valence-electron chi connectivity index (χ2n) is 8.95. The quantitative estimate of drug-likeness (QED) is 0.837. The largest absolute Gasteiger partial charge is 0.342 e. The number of piperidine rings is 1. The maximum atomic E-state index is 12.7. The van der Waals surface area contributed by atoms with Crippen LogP contribution in [0.3, 0.4) is 0 Å². The van der Waals surface area contributed by atoms with Gasteiger partial charge in [-0.15, -0.1) is 0 Å². The van der Waals surface area contributed by atoms with Gasteiger partial charge in [0.05, 0.1) is 6.42 Å². The van der Waals surface area contributed by atoms with E-state index in [0.717, 1.165) is 42.9 Å². The lowest BCUT2D eigenvalue weighted by atomic mass is 9.92. The van der Waals surface area contributed by atoms with Crippen molar-refractivity contribution in [2.45, 2.75) is 52.4 Å². The first-order valence-corrected chi connectivity index (χ1v) is 10.2. The normalized spacial score (nSPS) is 15.2. The third-order valence-corrected chi connectivity index (χ3v) is 5.15. The van der Waals surface area contributed by atoms with Crippen LogP contribution in [0.1, 0.15) is 57.2 Å². The first-order chi connectivity index (χ1) is 13.8. The van der Waals surface area contributed by atoms with E-state index in [2.05, 4.69) is 15.3 Å². The Morgan fingerprint density at radius 2 is 1.79 bits per heavy atom. The van der Waals surface area contributed by atoms with E-state index < -0.39 is 0 Å². The molecule has 0 atom stereocenters. The first kappa shape index (κ1) is 21.0. The maximum Gasteiger partial charge on any atom is 0.226 e. The van der Waals surface area contributed by atoms with Crippen molar-refractivity contribution < 1.29 is 9.59 Å². The molecule has 154 valence electrons. The van der Waals surface area contributed by atoms with Crippen molar-refractivity contribution in [3.8, 4) is 0 Å². The van der Waals surface area contributed by atoms with Crippen LogP contribution in [0.2, 0.25) is 0 Å². The fourth-order valence-electron chi connectivity index (χ4n) is 3.65. The fraction of sp³-hybridized carbons (Fsp3) is 0.478. The highest BCUT2D eigenvalue weighted by Gasteiger charge is 2.24. The van der Waals surface area contributed by atoms with E-state index in [9.17, 15) is 9.59 Å². The average Bonchev–Trinajstić information content (AvgIpc) is 2.69. The van der Waals surface area contributed by atoms with Crippen molar-refractivity contribution in [3.05, 3.63) is 54.1 Å². The van der Waals surface area contributed by atoms with Crippen LogP contribution in [0, 0.1) is 5.41 Å². The summed E-state index contributed by atoms with van der Waals surface area (Å²) in [6.07, 6.45) is 6.08. The Labute approximate surface area is 172 Å². The molecule has 3 rings (SSSR count). The lowest BCUT2D eigenvalue weighted by Crippen LogP contribution is -2.38. The average molecular weight is 395 g/mol. The molecule has 1 aliphatic heterocycles. The number of nitrogens with one attached hydrogen (secondary N) is 1. The Balaban J connectivity index is 1.48. The Hall–Kier alpha value is -2.76. The Morgan fingerprint density at radius 1 is 1.10 bits per heavy atom. The van der Waals surface area contributed by atoms with E-state index in [1.54, 1.807) is 12.5 Å². The van der Waals surface area contributed by atoms with Gasteiger partial charge >= 0.3 is 0 Å². The molecule has 1 fully saturated rings. The second-order valence-corrected chi connectivity index (χ2v) is 8.95. The van der Waals surface area contributed by atoms with Crippen molar-refractivity contribution in [3.63, 3.8) is 0 Å². The van der Waals surface area contributed by atoms with Gasteiger partial charge in [-0.05, 0) is 42.0 Å². The summed E-state index contributed by atoms with van der Waals surface area (Å²) in [4.78, 5) is 35.0. The molecule has 0 spiro atoms. The monoisotopic (exact) mass is 394 g/mol. The number of aromatic nitrogens is 2. The molecule has 2 amide bonds. The molecular formula is C23H30N4O2. The summed E-state index contributed by atoms with van der Waals surface area (Å²) < 4.78 is 0. The molecular weight excluding hydrogens is 364 g/mol. The van der Waals surface area contributed by atoms with Gasteiger partial charge in [0.25, 0.3) is 0 Å². The van der Waals surface area contributed by atoms with Crippen LogP contribution in [-0.2, 0) is 16.0 Å². The van der Waals surface area contributed by atoms with Crippen molar-refractivity contribution in [2.75, 3.05) is 18.4 Å². The van der Waals surface area contributed by atoms with Gasteiger partial charge in [-0.1, -0.05) is 32.9 Å². The molecule has 2 aromatic rings. The van der Waals surface area contributed by atoms with E-state index in [4.69, 9.17) is 0 Å². The zero-order chi connectivity index (χ0) is 20.9. The fourth-order valence-corrected chi connectivity index (χ4v) is 3.65.